The van der Waals surface area contributed by atoms with Gasteiger partial charge in [-0.3, -0.25) is 0 Å². The van der Waals surface area contributed by atoms with Gasteiger partial charge in [0.05, 0.1) is 0 Å². The van der Waals surface area contributed by atoms with Gasteiger partial charge in [-0.2, -0.15) is 0 Å². The SMILES string of the molecule is Cc1ccc(C(c2cccc(C)c2)C(C)C(C)C)cc1. The summed E-state index contributed by atoms with van der Waals surface area (Å²) >= 11 is 0. The first-order valence-corrected chi connectivity index (χ1v) is 7.62. The molecule has 0 spiro atoms. The van der Waals surface area contributed by atoms with Crippen LogP contribution < -0.4 is 0 Å². The first-order valence-electron chi connectivity index (χ1n) is 7.62. The van der Waals surface area contributed by atoms with Crippen LogP contribution in [-0.2, 0) is 0 Å². The summed E-state index contributed by atoms with van der Waals surface area (Å²) in [5.74, 6) is 1.77. The molecule has 0 heterocycles. The molecule has 0 heteroatoms. The molecule has 0 bridgehead atoms. The predicted molar refractivity (Wildman–Crippen MR) is 88.2 cm³/mol. The van der Waals surface area contributed by atoms with E-state index in [-0.39, 0.29) is 0 Å². The summed E-state index contributed by atoms with van der Waals surface area (Å²) in [6.45, 7) is 11.3. The van der Waals surface area contributed by atoms with Gasteiger partial charge in [0.15, 0.2) is 0 Å². The fourth-order valence-corrected chi connectivity index (χ4v) is 2.82. The summed E-state index contributed by atoms with van der Waals surface area (Å²) in [6.07, 6.45) is 0. The van der Waals surface area contributed by atoms with E-state index in [1.165, 1.54) is 22.3 Å². The topological polar surface area (TPSA) is 0 Å². The Labute approximate surface area is 123 Å². The summed E-state index contributed by atoms with van der Waals surface area (Å²) in [4.78, 5) is 0. The number of rotatable bonds is 4. The maximum absolute atomic E-state index is 2.37. The van der Waals surface area contributed by atoms with Crippen molar-refractivity contribution in [3.63, 3.8) is 0 Å². The van der Waals surface area contributed by atoms with Crippen molar-refractivity contribution in [3.8, 4) is 0 Å². The highest BCUT2D eigenvalue weighted by atomic mass is 14.3. The minimum atomic E-state index is 0.482. The maximum Gasteiger partial charge on any atom is 0.0117 e. The number of aryl methyl sites for hydroxylation is 2. The fourth-order valence-electron chi connectivity index (χ4n) is 2.82. The van der Waals surface area contributed by atoms with Crippen LogP contribution in [0, 0.1) is 25.7 Å². The highest BCUT2D eigenvalue weighted by Gasteiger charge is 2.23. The molecule has 0 aliphatic heterocycles. The number of hydrogen-bond donors (Lipinski definition) is 0. The van der Waals surface area contributed by atoms with Gasteiger partial charge in [0.1, 0.15) is 0 Å². The zero-order chi connectivity index (χ0) is 14.7. The van der Waals surface area contributed by atoms with Crippen LogP contribution in [0.4, 0.5) is 0 Å². The molecule has 0 N–H and O–H groups in total. The molecule has 0 nitrogen and oxygen atoms in total. The predicted octanol–water partition coefficient (Wildman–Crippen LogP) is 5.73. The Bertz CT molecular complexity index is 549. The van der Waals surface area contributed by atoms with Gasteiger partial charge in [0.25, 0.3) is 0 Å². The van der Waals surface area contributed by atoms with Gasteiger partial charge in [-0.1, -0.05) is 80.4 Å². The Morgan fingerprint density at radius 3 is 1.90 bits per heavy atom. The number of benzene rings is 2. The smallest absolute Gasteiger partial charge is 0.0117 e. The number of hydrogen-bond acceptors (Lipinski definition) is 0. The third kappa shape index (κ3) is 3.30. The first-order chi connectivity index (χ1) is 9.49. The highest BCUT2D eigenvalue weighted by molar-refractivity contribution is 5.36. The van der Waals surface area contributed by atoms with Crippen molar-refractivity contribution in [1.29, 1.82) is 0 Å². The van der Waals surface area contributed by atoms with E-state index in [2.05, 4.69) is 83.1 Å². The molecule has 0 fully saturated rings. The van der Waals surface area contributed by atoms with Gasteiger partial charge in [-0.05, 0) is 36.8 Å². The van der Waals surface area contributed by atoms with E-state index in [9.17, 15) is 0 Å². The average molecular weight is 266 g/mol. The van der Waals surface area contributed by atoms with E-state index < -0.39 is 0 Å². The summed E-state index contributed by atoms with van der Waals surface area (Å²) in [6, 6.07) is 18.0. The monoisotopic (exact) mass is 266 g/mol. The molecule has 0 radical (unpaired) electrons. The van der Waals surface area contributed by atoms with Gasteiger partial charge < -0.3 is 0 Å². The Hall–Kier alpha value is -1.56. The molecule has 2 unspecified atom stereocenters. The van der Waals surface area contributed by atoms with E-state index in [0.717, 1.165) is 0 Å². The van der Waals surface area contributed by atoms with Crippen LogP contribution in [0.15, 0.2) is 48.5 Å². The van der Waals surface area contributed by atoms with Crippen LogP contribution in [0.2, 0.25) is 0 Å². The highest BCUT2D eigenvalue weighted by Crippen LogP contribution is 2.36. The molecule has 0 amide bonds. The van der Waals surface area contributed by atoms with Crippen molar-refractivity contribution in [3.05, 3.63) is 70.8 Å². The average Bonchev–Trinajstić information content (AvgIpc) is 2.41. The first kappa shape index (κ1) is 14.8. The van der Waals surface area contributed by atoms with Crippen molar-refractivity contribution in [2.24, 2.45) is 11.8 Å². The Balaban J connectivity index is 2.47. The van der Waals surface area contributed by atoms with Crippen LogP contribution in [0.1, 0.15) is 48.9 Å². The largest absolute Gasteiger partial charge is 0.0625 e. The Morgan fingerprint density at radius 2 is 1.35 bits per heavy atom. The molecule has 0 saturated heterocycles. The molecule has 2 aromatic rings. The van der Waals surface area contributed by atoms with Crippen LogP contribution >= 0.6 is 0 Å². The zero-order valence-corrected chi connectivity index (χ0v) is 13.4. The Morgan fingerprint density at radius 1 is 0.700 bits per heavy atom. The van der Waals surface area contributed by atoms with E-state index in [4.69, 9.17) is 0 Å². The van der Waals surface area contributed by atoms with Gasteiger partial charge in [-0.25, -0.2) is 0 Å². The van der Waals surface area contributed by atoms with E-state index in [1.807, 2.05) is 0 Å². The van der Waals surface area contributed by atoms with E-state index >= 15 is 0 Å². The van der Waals surface area contributed by atoms with Gasteiger partial charge in [-0.15, -0.1) is 0 Å². The molecular weight excluding hydrogens is 240 g/mol. The molecule has 2 aromatic carbocycles. The lowest BCUT2D eigenvalue weighted by Crippen LogP contribution is -2.17. The second kappa shape index (κ2) is 6.26. The quantitative estimate of drug-likeness (QED) is 0.663. The van der Waals surface area contributed by atoms with Crippen LogP contribution in [0.3, 0.4) is 0 Å². The molecule has 2 atom stereocenters. The summed E-state index contributed by atoms with van der Waals surface area (Å²) < 4.78 is 0. The van der Waals surface area contributed by atoms with Crippen molar-refractivity contribution in [2.75, 3.05) is 0 Å². The minimum Gasteiger partial charge on any atom is -0.0625 e. The molecule has 0 aromatic heterocycles. The molecule has 0 saturated carbocycles. The summed E-state index contributed by atoms with van der Waals surface area (Å²) in [7, 11) is 0. The molecular formula is C20H26. The van der Waals surface area contributed by atoms with Crippen LogP contribution in [0.5, 0.6) is 0 Å². The minimum absolute atomic E-state index is 0.482. The third-order valence-corrected chi connectivity index (χ3v) is 4.42. The molecule has 0 aliphatic rings. The second-order valence-corrected chi connectivity index (χ2v) is 6.41. The van der Waals surface area contributed by atoms with Gasteiger partial charge >= 0.3 is 0 Å². The zero-order valence-electron chi connectivity index (χ0n) is 13.4. The van der Waals surface area contributed by atoms with Crippen molar-refractivity contribution in [1.82, 2.24) is 0 Å². The lowest BCUT2D eigenvalue weighted by Gasteiger charge is -2.28. The maximum atomic E-state index is 2.37. The van der Waals surface area contributed by atoms with E-state index in [1.54, 1.807) is 0 Å². The third-order valence-electron chi connectivity index (χ3n) is 4.42. The van der Waals surface area contributed by atoms with Crippen LogP contribution in [-0.4, -0.2) is 0 Å². The van der Waals surface area contributed by atoms with Crippen molar-refractivity contribution >= 4 is 0 Å². The molecule has 0 aliphatic carbocycles. The normalized spacial score (nSPS) is 14.3. The molecule has 2 rings (SSSR count). The van der Waals surface area contributed by atoms with Gasteiger partial charge in [0, 0.05) is 5.92 Å². The van der Waals surface area contributed by atoms with Crippen molar-refractivity contribution < 1.29 is 0 Å². The fraction of sp³-hybridized carbons (Fsp3) is 0.400. The lowest BCUT2D eigenvalue weighted by atomic mass is 9.76. The Kier molecular flexibility index (Phi) is 4.65. The standard InChI is InChI=1S/C20H26/c1-14(2)17(5)20(18-11-9-15(3)10-12-18)19-8-6-7-16(4)13-19/h6-14,17,20H,1-5H3. The lowest BCUT2D eigenvalue weighted by molar-refractivity contribution is 0.377. The van der Waals surface area contributed by atoms with E-state index in [0.29, 0.717) is 17.8 Å². The van der Waals surface area contributed by atoms with Gasteiger partial charge in [0.2, 0.25) is 0 Å². The summed E-state index contributed by atoms with van der Waals surface area (Å²) in [5.41, 5.74) is 5.54. The van der Waals surface area contributed by atoms with Crippen LogP contribution in [0.25, 0.3) is 0 Å². The summed E-state index contributed by atoms with van der Waals surface area (Å²) in [5, 5.41) is 0. The van der Waals surface area contributed by atoms with Crippen molar-refractivity contribution in [2.45, 2.75) is 40.5 Å². The molecule has 106 valence electrons. The second-order valence-electron chi connectivity index (χ2n) is 6.41. The molecule has 20 heavy (non-hydrogen) atoms.